The molecule has 0 bridgehead atoms. The fourth-order valence-corrected chi connectivity index (χ4v) is 1.70. The minimum atomic E-state index is -4.38. The van der Waals surface area contributed by atoms with Crippen LogP contribution in [0, 0.1) is 5.21 Å². The van der Waals surface area contributed by atoms with Crippen LogP contribution in [0.1, 0.15) is 11.1 Å². The number of benzene rings is 2. The van der Waals surface area contributed by atoms with Gasteiger partial charge in [-0.05, 0) is 36.4 Å². The predicted molar refractivity (Wildman–Crippen MR) is 72.9 cm³/mol. The van der Waals surface area contributed by atoms with Crippen LogP contribution in [0.4, 0.5) is 18.9 Å². The van der Waals surface area contributed by atoms with Crippen LogP contribution in [0.5, 0.6) is 5.75 Å². The van der Waals surface area contributed by atoms with Crippen molar-refractivity contribution in [2.45, 2.75) is 6.18 Å². The lowest BCUT2D eigenvalue weighted by molar-refractivity contribution is -0.354. The molecule has 0 heterocycles. The van der Waals surface area contributed by atoms with Crippen LogP contribution in [0.2, 0.25) is 0 Å². The molecule has 0 aliphatic rings. The summed E-state index contributed by atoms with van der Waals surface area (Å²) < 4.78 is 42.8. The van der Waals surface area contributed by atoms with Crippen LogP contribution >= 0.6 is 0 Å². The fraction of sp³-hybridized carbons (Fsp3) is 0.133. The number of rotatable bonds is 3. The van der Waals surface area contributed by atoms with Crippen LogP contribution in [0.25, 0.3) is 0 Å². The third-order valence-corrected chi connectivity index (χ3v) is 2.83. The van der Waals surface area contributed by atoms with Crippen molar-refractivity contribution < 1.29 is 22.6 Å². The normalized spacial score (nSPS) is 12.3. The van der Waals surface area contributed by atoms with Gasteiger partial charge in [-0.15, -0.1) is 0 Å². The fourth-order valence-electron chi connectivity index (χ4n) is 1.70. The molecule has 0 N–H and O–H groups in total. The Morgan fingerprint density at radius 2 is 1.57 bits per heavy atom. The topological polar surface area (TPSA) is 35.3 Å². The Kier molecular flexibility index (Phi) is 4.16. The van der Waals surface area contributed by atoms with Crippen LogP contribution in [-0.4, -0.2) is 18.1 Å². The maximum atomic E-state index is 12.4. The molecule has 3 nitrogen and oxygen atoms in total. The number of hydrogen-bond acceptors (Lipinski definition) is 2. The molecule has 0 atom stereocenters. The molecular formula is C15H12F3NO2. The van der Waals surface area contributed by atoms with E-state index in [1.807, 2.05) is 0 Å². The quantitative estimate of drug-likeness (QED) is 0.371. The first-order valence-electron chi connectivity index (χ1n) is 6.03. The predicted octanol–water partition coefficient (Wildman–Crippen LogP) is 3.97. The van der Waals surface area contributed by atoms with Crippen LogP contribution < -0.4 is 4.74 Å². The van der Waals surface area contributed by atoms with E-state index < -0.39 is 11.7 Å². The van der Waals surface area contributed by atoms with E-state index in [4.69, 9.17) is 4.74 Å². The Bertz CT molecular complexity index is 631. The third kappa shape index (κ3) is 3.75. The summed E-state index contributed by atoms with van der Waals surface area (Å²) in [5.41, 5.74) is -0.00828. The van der Waals surface area contributed by atoms with Crippen molar-refractivity contribution in [3.05, 3.63) is 64.9 Å². The number of alkyl halides is 3. The minimum absolute atomic E-state index is 0.357. The van der Waals surface area contributed by atoms with Crippen molar-refractivity contribution >= 4 is 11.9 Å². The van der Waals surface area contributed by atoms with Crippen molar-refractivity contribution in [1.82, 2.24) is 0 Å². The Balaban J connectivity index is 2.21. The maximum Gasteiger partial charge on any atom is 0.416 e. The van der Waals surface area contributed by atoms with Crippen LogP contribution in [0.3, 0.4) is 0 Å². The summed E-state index contributed by atoms with van der Waals surface area (Å²) in [5, 5.41) is 11.9. The molecule has 2 rings (SSSR count). The van der Waals surface area contributed by atoms with Crippen molar-refractivity contribution in [2.24, 2.45) is 0 Å². The van der Waals surface area contributed by atoms with Gasteiger partial charge < -0.3 is 9.94 Å². The van der Waals surface area contributed by atoms with Gasteiger partial charge in [-0.1, -0.05) is 0 Å². The molecule has 0 amide bonds. The zero-order valence-electron chi connectivity index (χ0n) is 11.1. The highest BCUT2D eigenvalue weighted by Crippen LogP contribution is 2.29. The standard InChI is InChI=1S/C15H12F3NO2/c1-21-14-8-6-13(7-9-14)19(20)10-11-2-4-12(5-3-11)15(16,17)18/h2-10H,1H3/b19-10-. The molecule has 110 valence electrons. The maximum absolute atomic E-state index is 12.4. The van der Waals surface area contributed by atoms with Gasteiger partial charge in [-0.25, -0.2) is 0 Å². The molecule has 6 heteroatoms. The molecule has 0 radical (unpaired) electrons. The van der Waals surface area contributed by atoms with E-state index in [9.17, 15) is 18.4 Å². The lowest BCUT2D eigenvalue weighted by atomic mass is 10.1. The van der Waals surface area contributed by atoms with Gasteiger partial charge in [0.15, 0.2) is 6.21 Å². The molecule has 21 heavy (non-hydrogen) atoms. The SMILES string of the molecule is COc1ccc(/[N+]([O-])=C/c2ccc(C(F)(F)F)cc2)cc1. The first-order chi connectivity index (χ1) is 9.90. The molecular weight excluding hydrogens is 283 g/mol. The molecule has 2 aromatic rings. The van der Waals surface area contributed by atoms with E-state index in [-0.39, 0.29) is 0 Å². The van der Waals surface area contributed by atoms with E-state index in [0.29, 0.717) is 21.7 Å². The lowest BCUT2D eigenvalue weighted by Gasteiger charge is -2.06. The molecule has 0 aliphatic heterocycles. The van der Waals surface area contributed by atoms with Gasteiger partial charge in [-0.3, -0.25) is 0 Å². The van der Waals surface area contributed by atoms with Crippen molar-refractivity contribution in [3.63, 3.8) is 0 Å². The molecule has 0 saturated carbocycles. The van der Waals surface area contributed by atoms with E-state index in [1.54, 1.807) is 24.3 Å². The van der Waals surface area contributed by atoms with Gasteiger partial charge in [0.25, 0.3) is 0 Å². The molecule has 0 saturated heterocycles. The summed E-state index contributed by atoms with van der Waals surface area (Å²) in [5.74, 6) is 0.613. The van der Waals surface area contributed by atoms with Gasteiger partial charge in [0.1, 0.15) is 5.75 Å². The number of hydrogen-bond donors (Lipinski definition) is 0. The average Bonchev–Trinajstić information content (AvgIpc) is 2.47. The number of nitrogens with zero attached hydrogens (tertiary/aromatic N) is 1. The molecule has 0 fully saturated rings. The van der Waals surface area contributed by atoms with E-state index in [1.165, 1.54) is 25.5 Å². The van der Waals surface area contributed by atoms with Gasteiger partial charge in [0, 0.05) is 17.7 Å². The highest BCUT2D eigenvalue weighted by molar-refractivity contribution is 5.76. The monoisotopic (exact) mass is 295 g/mol. The summed E-state index contributed by atoms with van der Waals surface area (Å²) in [7, 11) is 1.51. The highest BCUT2D eigenvalue weighted by atomic mass is 19.4. The lowest BCUT2D eigenvalue weighted by Crippen LogP contribution is -2.05. The Morgan fingerprint density at radius 1 is 1.00 bits per heavy atom. The molecule has 2 aromatic carbocycles. The van der Waals surface area contributed by atoms with Crippen LogP contribution in [0.15, 0.2) is 48.5 Å². The summed E-state index contributed by atoms with van der Waals surface area (Å²) in [6.45, 7) is 0. The van der Waals surface area contributed by atoms with Crippen molar-refractivity contribution in [1.29, 1.82) is 0 Å². The summed E-state index contributed by atoms with van der Waals surface area (Å²) in [6.07, 6.45) is -3.17. The first kappa shape index (κ1) is 14.9. The summed E-state index contributed by atoms with van der Waals surface area (Å²) in [6, 6.07) is 10.7. The zero-order valence-corrected chi connectivity index (χ0v) is 11.1. The Labute approximate surface area is 119 Å². The largest absolute Gasteiger partial charge is 0.618 e. The number of ether oxygens (including phenoxy) is 1. The van der Waals surface area contributed by atoms with Gasteiger partial charge >= 0.3 is 6.18 Å². The van der Waals surface area contributed by atoms with Crippen molar-refractivity contribution in [2.75, 3.05) is 7.11 Å². The second-order valence-corrected chi connectivity index (χ2v) is 4.27. The smallest absolute Gasteiger partial charge is 0.416 e. The van der Waals surface area contributed by atoms with Gasteiger partial charge in [0.2, 0.25) is 5.69 Å². The molecule has 0 aromatic heterocycles. The second-order valence-electron chi connectivity index (χ2n) is 4.27. The van der Waals surface area contributed by atoms with Gasteiger partial charge in [-0.2, -0.15) is 17.9 Å². The Morgan fingerprint density at radius 3 is 2.05 bits per heavy atom. The van der Waals surface area contributed by atoms with Gasteiger partial charge in [0.05, 0.1) is 12.7 Å². The third-order valence-electron chi connectivity index (χ3n) is 2.83. The van der Waals surface area contributed by atoms with E-state index >= 15 is 0 Å². The summed E-state index contributed by atoms with van der Waals surface area (Å²) >= 11 is 0. The highest BCUT2D eigenvalue weighted by Gasteiger charge is 2.29. The first-order valence-corrected chi connectivity index (χ1v) is 6.03. The zero-order chi connectivity index (χ0) is 15.5. The van der Waals surface area contributed by atoms with Crippen LogP contribution in [-0.2, 0) is 6.18 Å². The van der Waals surface area contributed by atoms with Crippen molar-refractivity contribution in [3.8, 4) is 5.75 Å². The number of halogens is 3. The Hall–Kier alpha value is -2.50. The molecule has 0 unspecified atom stereocenters. The minimum Gasteiger partial charge on any atom is -0.618 e. The second kappa shape index (κ2) is 5.87. The summed E-state index contributed by atoms with van der Waals surface area (Å²) in [4.78, 5) is 0. The molecule has 0 spiro atoms. The van der Waals surface area contributed by atoms with E-state index in [0.717, 1.165) is 12.1 Å². The molecule has 0 aliphatic carbocycles. The number of methoxy groups -OCH3 is 1. The van der Waals surface area contributed by atoms with E-state index in [2.05, 4.69) is 0 Å². The average molecular weight is 295 g/mol.